The van der Waals surface area contributed by atoms with E-state index in [4.69, 9.17) is 8.83 Å². The third kappa shape index (κ3) is 2.54. The van der Waals surface area contributed by atoms with Gasteiger partial charge >= 0.3 is 11.8 Å². The van der Waals surface area contributed by atoms with Gasteiger partial charge in [0.2, 0.25) is 11.3 Å². The Balaban J connectivity index is 2.13. The van der Waals surface area contributed by atoms with Crippen LogP contribution in [0.15, 0.2) is 44.0 Å². The van der Waals surface area contributed by atoms with Gasteiger partial charge in [0, 0.05) is 12.5 Å². The molecule has 0 aliphatic rings. The van der Waals surface area contributed by atoms with Crippen molar-refractivity contribution in [3.05, 3.63) is 57.8 Å². The summed E-state index contributed by atoms with van der Waals surface area (Å²) in [6.45, 7) is 3.25. The molecule has 4 aromatic rings. The molecule has 0 bridgehead atoms. The minimum absolute atomic E-state index is 0.0547. The fourth-order valence-corrected chi connectivity index (χ4v) is 2.78. The number of aryl methyl sites for hydroxylation is 2. The molecule has 26 heavy (non-hydrogen) atoms. The van der Waals surface area contributed by atoms with Crippen molar-refractivity contribution in [2.75, 3.05) is 0 Å². The van der Waals surface area contributed by atoms with Crippen LogP contribution in [0.2, 0.25) is 0 Å². The summed E-state index contributed by atoms with van der Waals surface area (Å²) in [4.78, 5) is 20.0. The van der Waals surface area contributed by atoms with Crippen molar-refractivity contribution in [3.63, 3.8) is 0 Å². The molecular formula is C18H11F3N2O3. The van der Waals surface area contributed by atoms with Crippen LogP contribution < -0.4 is 5.63 Å². The van der Waals surface area contributed by atoms with Crippen LogP contribution in [-0.2, 0) is 6.18 Å². The molecule has 0 N–H and O–H groups in total. The van der Waals surface area contributed by atoms with Crippen molar-refractivity contribution in [2.24, 2.45) is 0 Å². The van der Waals surface area contributed by atoms with E-state index in [9.17, 15) is 18.0 Å². The Kier molecular flexibility index (Phi) is 3.40. The quantitative estimate of drug-likeness (QED) is 0.495. The number of hydrogen-bond donors (Lipinski definition) is 0. The Morgan fingerprint density at radius 3 is 2.35 bits per heavy atom. The maximum absolute atomic E-state index is 13.7. The Bertz CT molecular complexity index is 1210. The first kappa shape index (κ1) is 16.3. The summed E-state index contributed by atoms with van der Waals surface area (Å²) in [6.07, 6.45) is -4.68. The van der Waals surface area contributed by atoms with Gasteiger partial charge in [-0.25, -0.2) is 14.8 Å². The first-order valence-corrected chi connectivity index (χ1v) is 7.63. The first-order chi connectivity index (χ1) is 12.2. The summed E-state index contributed by atoms with van der Waals surface area (Å²) in [6, 6.07) is 7.82. The van der Waals surface area contributed by atoms with Gasteiger partial charge in [-0.15, -0.1) is 0 Å². The number of nitrogens with zero attached hydrogens (tertiary/aromatic N) is 2. The van der Waals surface area contributed by atoms with E-state index in [1.165, 1.54) is 6.92 Å². The van der Waals surface area contributed by atoms with Gasteiger partial charge in [0.25, 0.3) is 0 Å². The van der Waals surface area contributed by atoms with E-state index >= 15 is 0 Å². The summed E-state index contributed by atoms with van der Waals surface area (Å²) in [5, 5.41) is -0.348. The van der Waals surface area contributed by atoms with E-state index in [1.807, 2.05) is 6.92 Å². The Hall–Kier alpha value is -3.16. The average Bonchev–Trinajstić information content (AvgIpc) is 2.92. The van der Waals surface area contributed by atoms with Gasteiger partial charge in [-0.1, -0.05) is 29.8 Å². The molecule has 0 unspecified atom stereocenters. The predicted molar refractivity (Wildman–Crippen MR) is 87.8 cm³/mol. The van der Waals surface area contributed by atoms with Gasteiger partial charge in [0.05, 0.1) is 16.6 Å². The van der Waals surface area contributed by atoms with Gasteiger partial charge in [-0.2, -0.15) is 13.2 Å². The molecule has 0 atom stereocenters. The van der Waals surface area contributed by atoms with E-state index < -0.39 is 17.4 Å². The minimum atomic E-state index is -4.68. The molecule has 0 aliphatic carbocycles. The summed E-state index contributed by atoms with van der Waals surface area (Å²) in [7, 11) is 0. The third-order valence-electron chi connectivity index (χ3n) is 3.98. The molecule has 0 radical (unpaired) electrons. The second kappa shape index (κ2) is 5.42. The van der Waals surface area contributed by atoms with E-state index in [0.29, 0.717) is 5.56 Å². The molecule has 132 valence electrons. The lowest BCUT2D eigenvalue weighted by atomic mass is 10.0. The van der Waals surface area contributed by atoms with E-state index in [0.717, 1.165) is 11.6 Å². The number of rotatable bonds is 1. The highest BCUT2D eigenvalue weighted by Gasteiger charge is 2.36. The molecule has 4 rings (SSSR count). The van der Waals surface area contributed by atoms with Crippen molar-refractivity contribution in [1.29, 1.82) is 0 Å². The Labute approximate surface area is 144 Å². The van der Waals surface area contributed by atoms with E-state index in [-0.39, 0.29) is 33.8 Å². The van der Waals surface area contributed by atoms with Gasteiger partial charge in [0.15, 0.2) is 5.89 Å². The maximum Gasteiger partial charge on any atom is 0.417 e. The van der Waals surface area contributed by atoms with E-state index in [2.05, 4.69) is 9.97 Å². The van der Waals surface area contributed by atoms with Crippen molar-refractivity contribution >= 4 is 22.2 Å². The number of halogens is 3. The number of hydrogen-bond acceptors (Lipinski definition) is 5. The fraction of sp³-hybridized carbons (Fsp3) is 0.167. The monoisotopic (exact) mass is 360 g/mol. The summed E-state index contributed by atoms with van der Waals surface area (Å²) >= 11 is 0. The number of furan rings is 1. The zero-order valence-electron chi connectivity index (χ0n) is 13.6. The van der Waals surface area contributed by atoms with Crippen LogP contribution in [0, 0.1) is 13.8 Å². The van der Waals surface area contributed by atoms with Crippen LogP contribution in [0.1, 0.15) is 17.0 Å². The molecule has 1 aromatic carbocycles. The van der Waals surface area contributed by atoms with Crippen LogP contribution in [0.3, 0.4) is 0 Å². The Morgan fingerprint density at radius 2 is 1.69 bits per heavy atom. The second-order valence-corrected chi connectivity index (χ2v) is 5.90. The number of aromatic nitrogens is 2. The van der Waals surface area contributed by atoms with Gasteiger partial charge < -0.3 is 8.83 Å². The standard InChI is InChI=1S/C18H11F3N2O3/c1-8-3-5-10(6-4-8)12-7-11(18(19,20)21)13-14-15(26-16(13)23-12)17(24)25-9(2)22-14/h3-7H,1-2H3. The van der Waals surface area contributed by atoms with Crippen molar-refractivity contribution in [1.82, 2.24) is 9.97 Å². The summed E-state index contributed by atoms with van der Waals surface area (Å²) < 4.78 is 51.1. The SMILES string of the molecule is Cc1ccc(-c2cc(C(F)(F)F)c3c(n2)oc2c(=O)oc(C)nc23)cc1. The lowest BCUT2D eigenvalue weighted by molar-refractivity contribution is -0.136. The van der Waals surface area contributed by atoms with Gasteiger partial charge in [-0.05, 0) is 13.0 Å². The molecule has 0 fully saturated rings. The second-order valence-electron chi connectivity index (χ2n) is 5.90. The largest absolute Gasteiger partial charge is 0.428 e. The Morgan fingerprint density at radius 1 is 1.00 bits per heavy atom. The van der Waals surface area contributed by atoms with Crippen LogP contribution >= 0.6 is 0 Å². The zero-order valence-corrected chi connectivity index (χ0v) is 13.6. The maximum atomic E-state index is 13.7. The number of alkyl halides is 3. The van der Waals surface area contributed by atoms with Gasteiger partial charge in [0.1, 0.15) is 5.52 Å². The molecule has 0 spiro atoms. The van der Waals surface area contributed by atoms with Crippen LogP contribution in [0.25, 0.3) is 33.5 Å². The molecule has 0 saturated carbocycles. The molecule has 0 saturated heterocycles. The molecule has 8 heteroatoms. The van der Waals surface area contributed by atoms with Crippen LogP contribution in [0.4, 0.5) is 13.2 Å². The summed E-state index contributed by atoms with van der Waals surface area (Å²) in [5.41, 5.74) is -1.20. The highest BCUT2D eigenvalue weighted by molar-refractivity contribution is 6.03. The highest BCUT2D eigenvalue weighted by atomic mass is 19.4. The van der Waals surface area contributed by atoms with Gasteiger partial charge in [-0.3, -0.25) is 0 Å². The zero-order chi connectivity index (χ0) is 18.6. The minimum Gasteiger partial charge on any atom is -0.428 e. The molecular weight excluding hydrogens is 349 g/mol. The van der Waals surface area contributed by atoms with Crippen molar-refractivity contribution < 1.29 is 22.0 Å². The molecule has 0 aliphatic heterocycles. The lowest BCUT2D eigenvalue weighted by Gasteiger charge is -2.10. The predicted octanol–water partition coefficient (Wildman–Crippen LogP) is 4.63. The number of benzene rings is 1. The van der Waals surface area contributed by atoms with Crippen molar-refractivity contribution in [3.8, 4) is 11.3 Å². The lowest BCUT2D eigenvalue weighted by Crippen LogP contribution is -2.07. The van der Waals surface area contributed by atoms with E-state index in [1.54, 1.807) is 24.3 Å². The average molecular weight is 360 g/mol. The smallest absolute Gasteiger partial charge is 0.417 e. The molecule has 5 nitrogen and oxygen atoms in total. The summed E-state index contributed by atoms with van der Waals surface area (Å²) in [5.74, 6) is -0.0547. The number of fused-ring (bicyclic) bond motifs is 3. The molecule has 3 heterocycles. The van der Waals surface area contributed by atoms with Crippen molar-refractivity contribution in [2.45, 2.75) is 20.0 Å². The fourth-order valence-electron chi connectivity index (χ4n) is 2.78. The first-order valence-electron chi connectivity index (χ1n) is 7.63. The third-order valence-corrected chi connectivity index (χ3v) is 3.98. The molecule has 3 aromatic heterocycles. The molecule has 0 amide bonds. The highest BCUT2D eigenvalue weighted by Crippen LogP contribution is 2.40. The van der Waals surface area contributed by atoms with Crippen LogP contribution in [-0.4, -0.2) is 9.97 Å². The number of pyridine rings is 1. The topological polar surface area (TPSA) is 69.1 Å². The normalized spacial score (nSPS) is 12.2. The van der Waals surface area contributed by atoms with Crippen LogP contribution in [0.5, 0.6) is 0 Å².